The van der Waals surface area contributed by atoms with Crippen molar-refractivity contribution in [2.75, 3.05) is 13.2 Å². The Hall–Kier alpha value is -2.08. The number of benzene rings is 1. The number of carbonyl (C=O) groups excluding carboxylic acids is 1. The summed E-state index contributed by atoms with van der Waals surface area (Å²) in [6, 6.07) is 3.88. The number of rotatable bonds is 3. The molecule has 2 unspecified atom stereocenters. The standard InChI is InChI=1S/C13H15NO5/c1-7-4-8(15)2-3-9(7)12(16)14-11-6-19-5-10(11)13(17)18/h2-4,10-11,15H,5-6H2,1H3,(H,14,16)(H,17,18). The van der Waals surface area contributed by atoms with E-state index in [4.69, 9.17) is 9.84 Å². The molecule has 1 fully saturated rings. The topological polar surface area (TPSA) is 95.9 Å². The molecule has 0 aliphatic carbocycles. The maximum absolute atomic E-state index is 12.1. The predicted molar refractivity (Wildman–Crippen MR) is 66.0 cm³/mol. The van der Waals surface area contributed by atoms with Gasteiger partial charge in [0.1, 0.15) is 11.7 Å². The van der Waals surface area contributed by atoms with Crippen LogP contribution in [-0.2, 0) is 9.53 Å². The summed E-state index contributed by atoms with van der Waals surface area (Å²) in [4.78, 5) is 23.0. The Balaban J connectivity index is 2.10. The van der Waals surface area contributed by atoms with Crippen LogP contribution in [0, 0.1) is 12.8 Å². The van der Waals surface area contributed by atoms with Crippen molar-refractivity contribution in [2.24, 2.45) is 5.92 Å². The van der Waals surface area contributed by atoms with Crippen LogP contribution < -0.4 is 5.32 Å². The highest BCUT2D eigenvalue weighted by Gasteiger charge is 2.35. The predicted octanol–water partition coefficient (Wildman–Crippen LogP) is 0.530. The van der Waals surface area contributed by atoms with E-state index in [0.29, 0.717) is 11.1 Å². The highest BCUT2D eigenvalue weighted by Crippen LogP contribution is 2.18. The van der Waals surface area contributed by atoms with Crippen LogP contribution in [-0.4, -0.2) is 41.3 Å². The van der Waals surface area contributed by atoms with E-state index in [0.717, 1.165) is 0 Å². The van der Waals surface area contributed by atoms with Crippen LogP contribution in [0.1, 0.15) is 15.9 Å². The molecule has 1 amide bonds. The van der Waals surface area contributed by atoms with Crippen LogP contribution in [0.15, 0.2) is 18.2 Å². The molecule has 1 heterocycles. The zero-order valence-electron chi connectivity index (χ0n) is 10.4. The Morgan fingerprint density at radius 1 is 1.37 bits per heavy atom. The lowest BCUT2D eigenvalue weighted by atomic mass is 10.0. The molecule has 6 nitrogen and oxygen atoms in total. The fraction of sp³-hybridized carbons (Fsp3) is 0.385. The first-order valence-electron chi connectivity index (χ1n) is 5.90. The molecule has 1 aliphatic rings. The van der Waals surface area contributed by atoms with E-state index in [-0.39, 0.29) is 24.9 Å². The normalized spacial score (nSPS) is 22.2. The number of carboxylic acids is 1. The number of nitrogens with one attached hydrogen (secondary N) is 1. The Labute approximate surface area is 110 Å². The molecule has 0 spiro atoms. The molecule has 102 valence electrons. The van der Waals surface area contributed by atoms with Crippen molar-refractivity contribution in [1.29, 1.82) is 0 Å². The lowest BCUT2D eigenvalue weighted by Crippen LogP contribution is -2.42. The average molecular weight is 265 g/mol. The summed E-state index contributed by atoms with van der Waals surface area (Å²) in [5.74, 6) is -1.98. The van der Waals surface area contributed by atoms with E-state index in [1.807, 2.05) is 0 Å². The van der Waals surface area contributed by atoms with E-state index in [9.17, 15) is 14.7 Å². The molecule has 0 saturated carbocycles. The number of aryl methyl sites for hydroxylation is 1. The van der Waals surface area contributed by atoms with Crippen molar-refractivity contribution in [1.82, 2.24) is 5.32 Å². The number of hydrogen-bond donors (Lipinski definition) is 3. The van der Waals surface area contributed by atoms with Gasteiger partial charge in [-0.05, 0) is 30.7 Å². The summed E-state index contributed by atoms with van der Waals surface area (Å²) >= 11 is 0. The van der Waals surface area contributed by atoms with Gasteiger partial charge in [0.25, 0.3) is 5.91 Å². The minimum Gasteiger partial charge on any atom is -0.508 e. The third-order valence-corrected chi connectivity index (χ3v) is 3.17. The molecule has 1 aliphatic heterocycles. The summed E-state index contributed by atoms with van der Waals surface area (Å²) in [7, 11) is 0. The van der Waals surface area contributed by atoms with Crippen LogP contribution in [0.3, 0.4) is 0 Å². The molecule has 3 N–H and O–H groups in total. The first-order valence-corrected chi connectivity index (χ1v) is 5.90. The lowest BCUT2D eigenvalue weighted by molar-refractivity contribution is -0.142. The zero-order valence-corrected chi connectivity index (χ0v) is 10.4. The molecule has 0 bridgehead atoms. The van der Waals surface area contributed by atoms with Crippen molar-refractivity contribution in [3.05, 3.63) is 29.3 Å². The number of ether oxygens (including phenoxy) is 1. The molecule has 0 radical (unpaired) electrons. The Bertz CT molecular complexity index is 514. The van der Waals surface area contributed by atoms with Gasteiger partial charge in [-0.15, -0.1) is 0 Å². The third-order valence-electron chi connectivity index (χ3n) is 3.17. The number of carbonyl (C=O) groups is 2. The van der Waals surface area contributed by atoms with Crippen molar-refractivity contribution in [2.45, 2.75) is 13.0 Å². The first-order chi connectivity index (χ1) is 8.99. The number of aliphatic carboxylic acids is 1. The SMILES string of the molecule is Cc1cc(O)ccc1C(=O)NC1COCC1C(=O)O. The smallest absolute Gasteiger partial charge is 0.311 e. The van der Waals surface area contributed by atoms with Crippen LogP contribution in [0.2, 0.25) is 0 Å². The molecule has 6 heteroatoms. The van der Waals surface area contributed by atoms with E-state index < -0.39 is 17.9 Å². The van der Waals surface area contributed by atoms with Gasteiger partial charge >= 0.3 is 5.97 Å². The first kappa shape index (κ1) is 13.4. The molecule has 0 aromatic heterocycles. The van der Waals surface area contributed by atoms with Gasteiger partial charge in [-0.2, -0.15) is 0 Å². The monoisotopic (exact) mass is 265 g/mol. The van der Waals surface area contributed by atoms with E-state index in [2.05, 4.69) is 5.32 Å². The summed E-state index contributed by atoms with van der Waals surface area (Å²) in [6.45, 7) is 2.00. The van der Waals surface area contributed by atoms with E-state index in [1.165, 1.54) is 18.2 Å². The van der Waals surface area contributed by atoms with Gasteiger partial charge in [-0.1, -0.05) is 0 Å². The van der Waals surface area contributed by atoms with Crippen molar-refractivity contribution in [3.63, 3.8) is 0 Å². The summed E-state index contributed by atoms with van der Waals surface area (Å²) in [6.07, 6.45) is 0. The second-order valence-corrected chi connectivity index (χ2v) is 4.56. The van der Waals surface area contributed by atoms with Gasteiger partial charge in [-0.3, -0.25) is 9.59 Å². The second kappa shape index (κ2) is 5.27. The number of carboxylic acid groups (broad SMARTS) is 1. The number of phenolic OH excluding ortho intramolecular Hbond substituents is 1. The number of amides is 1. The van der Waals surface area contributed by atoms with E-state index >= 15 is 0 Å². The fourth-order valence-corrected chi connectivity index (χ4v) is 2.09. The van der Waals surface area contributed by atoms with Crippen LogP contribution in [0.25, 0.3) is 0 Å². The zero-order chi connectivity index (χ0) is 14.0. The number of phenols is 1. The summed E-state index contributed by atoms with van der Waals surface area (Å²) in [5, 5.41) is 20.9. The summed E-state index contributed by atoms with van der Waals surface area (Å²) < 4.78 is 5.08. The summed E-state index contributed by atoms with van der Waals surface area (Å²) in [5.41, 5.74) is 1.04. The van der Waals surface area contributed by atoms with Gasteiger partial charge in [0.05, 0.1) is 19.3 Å². The molecule has 1 aromatic carbocycles. The Morgan fingerprint density at radius 3 is 2.74 bits per heavy atom. The fourth-order valence-electron chi connectivity index (χ4n) is 2.09. The molecule has 19 heavy (non-hydrogen) atoms. The molecular formula is C13H15NO5. The van der Waals surface area contributed by atoms with Crippen LogP contribution >= 0.6 is 0 Å². The number of hydrogen-bond acceptors (Lipinski definition) is 4. The molecule has 1 saturated heterocycles. The van der Waals surface area contributed by atoms with Crippen LogP contribution in [0.4, 0.5) is 0 Å². The minimum absolute atomic E-state index is 0.0849. The van der Waals surface area contributed by atoms with Crippen molar-refractivity contribution >= 4 is 11.9 Å². The van der Waals surface area contributed by atoms with Gasteiger partial charge < -0.3 is 20.3 Å². The highest BCUT2D eigenvalue weighted by atomic mass is 16.5. The van der Waals surface area contributed by atoms with E-state index in [1.54, 1.807) is 6.92 Å². The Morgan fingerprint density at radius 2 is 2.11 bits per heavy atom. The molecular weight excluding hydrogens is 250 g/mol. The highest BCUT2D eigenvalue weighted by molar-refractivity contribution is 5.96. The maximum atomic E-state index is 12.1. The molecule has 2 rings (SSSR count). The van der Waals surface area contributed by atoms with Gasteiger partial charge in [0, 0.05) is 5.56 Å². The second-order valence-electron chi connectivity index (χ2n) is 4.56. The molecule has 1 aromatic rings. The quantitative estimate of drug-likeness (QED) is 0.741. The minimum atomic E-state index is -0.981. The molecule has 2 atom stereocenters. The average Bonchev–Trinajstić information content (AvgIpc) is 2.76. The Kier molecular flexibility index (Phi) is 3.71. The number of aromatic hydroxyl groups is 1. The third kappa shape index (κ3) is 2.85. The van der Waals surface area contributed by atoms with Gasteiger partial charge in [0.2, 0.25) is 0 Å². The lowest BCUT2D eigenvalue weighted by Gasteiger charge is -2.16. The van der Waals surface area contributed by atoms with Crippen molar-refractivity contribution in [3.8, 4) is 5.75 Å². The largest absolute Gasteiger partial charge is 0.508 e. The van der Waals surface area contributed by atoms with Crippen LogP contribution in [0.5, 0.6) is 5.75 Å². The van der Waals surface area contributed by atoms with Gasteiger partial charge in [0.15, 0.2) is 0 Å². The maximum Gasteiger partial charge on any atom is 0.311 e. The van der Waals surface area contributed by atoms with Gasteiger partial charge in [-0.25, -0.2) is 0 Å². The van der Waals surface area contributed by atoms with Crippen molar-refractivity contribution < 1.29 is 24.5 Å².